The molecule has 1 aliphatic rings. The summed E-state index contributed by atoms with van der Waals surface area (Å²) < 4.78 is 0. The van der Waals surface area contributed by atoms with Crippen molar-refractivity contribution in [3.05, 3.63) is 41.5 Å². The molecule has 1 saturated heterocycles. The van der Waals surface area contributed by atoms with E-state index in [0.717, 1.165) is 42.7 Å². The predicted molar refractivity (Wildman–Crippen MR) is 81.0 cm³/mol. The zero-order valence-corrected chi connectivity index (χ0v) is 11.9. The minimum atomic E-state index is -0.994. The third kappa shape index (κ3) is 4.13. The van der Waals surface area contributed by atoms with Gasteiger partial charge in [0.25, 0.3) is 5.91 Å². The molecule has 0 atom stereocenters. The first-order valence-corrected chi connectivity index (χ1v) is 7.70. The number of carbonyl (C=O) groups is 2. The fourth-order valence-electron chi connectivity index (χ4n) is 2.07. The van der Waals surface area contributed by atoms with Gasteiger partial charge < -0.3 is 10.0 Å². The Bertz CT molecular complexity index is 520. The van der Waals surface area contributed by atoms with Crippen molar-refractivity contribution in [2.24, 2.45) is 0 Å². The summed E-state index contributed by atoms with van der Waals surface area (Å²) in [5.74, 6) is 1.11. The van der Waals surface area contributed by atoms with Gasteiger partial charge in [0.05, 0.1) is 0 Å². The number of thioether (sulfide) groups is 1. The van der Waals surface area contributed by atoms with Gasteiger partial charge in [0.2, 0.25) is 0 Å². The fraction of sp³-hybridized carbons (Fsp3) is 0.333. The third-order valence-electron chi connectivity index (χ3n) is 3.06. The number of nitrogens with zero attached hydrogens (tertiary/aromatic N) is 1. The number of carboxylic acid groups (broad SMARTS) is 1. The van der Waals surface area contributed by atoms with Gasteiger partial charge in [-0.2, -0.15) is 11.8 Å². The highest BCUT2D eigenvalue weighted by molar-refractivity contribution is 7.99. The maximum Gasteiger partial charge on any atom is 0.328 e. The monoisotopic (exact) mass is 291 g/mol. The van der Waals surface area contributed by atoms with Crippen LogP contribution in [0.5, 0.6) is 0 Å². The molecule has 1 heterocycles. The minimum Gasteiger partial charge on any atom is -0.478 e. The largest absolute Gasteiger partial charge is 0.478 e. The van der Waals surface area contributed by atoms with Crippen LogP contribution in [-0.4, -0.2) is 46.5 Å². The number of amides is 1. The van der Waals surface area contributed by atoms with Crippen LogP contribution in [0.4, 0.5) is 0 Å². The Hall–Kier alpha value is -1.75. The normalized spacial score (nSPS) is 16.1. The highest BCUT2D eigenvalue weighted by Gasteiger charge is 2.17. The Kier molecular flexibility index (Phi) is 5.24. The molecule has 2 rings (SSSR count). The molecule has 106 valence electrons. The van der Waals surface area contributed by atoms with Crippen molar-refractivity contribution in [2.75, 3.05) is 24.6 Å². The molecule has 1 fully saturated rings. The molecule has 4 nitrogen and oxygen atoms in total. The number of rotatable bonds is 3. The van der Waals surface area contributed by atoms with Crippen molar-refractivity contribution >= 4 is 29.7 Å². The molecule has 0 saturated carbocycles. The summed E-state index contributed by atoms with van der Waals surface area (Å²) in [5, 5.41) is 8.62. The molecule has 1 aromatic carbocycles. The molecule has 0 radical (unpaired) electrons. The van der Waals surface area contributed by atoms with Gasteiger partial charge in [-0.05, 0) is 35.9 Å². The van der Waals surface area contributed by atoms with Crippen LogP contribution >= 0.6 is 11.8 Å². The van der Waals surface area contributed by atoms with Crippen LogP contribution < -0.4 is 0 Å². The third-order valence-corrected chi connectivity index (χ3v) is 4.11. The van der Waals surface area contributed by atoms with Crippen molar-refractivity contribution in [1.29, 1.82) is 0 Å². The van der Waals surface area contributed by atoms with E-state index in [1.54, 1.807) is 24.3 Å². The van der Waals surface area contributed by atoms with Crippen LogP contribution in [0, 0.1) is 0 Å². The molecule has 0 aromatic heterocycles. The molecule has 1 aromatic rings. The lowest BCUT2D eigenvalue weighted by atomic mass is 10.1. The van der Waals surface area contributed by atoms with Gasteiger partial charge in [0.15, 0.2) is 0 Å². The van der Waals surface area contributed by atoms with E-state index in [4.69, 9.17) is 5.11 Å². The standard InChI is InChI=1S/C15H17NO3S/c17-14(18)6-5-12-3-1-4-13(11-12)15(19)16-7-2-9-20-10-8-16/h1,3-6,11H,2,7-10H2,(H,17,18). The Morgan fingerprint density at radius 3 is 2.90 bits per heavy atom. The zero-order chi connectivity index (χ0) is 14.4. The van der Waals surface area contributed by atoms with Gasteiger partial charge in [0, 0.05) is 30.5 Å². The van der Waals surface area contributed by atoms with Crippen molar-refractivity contribution in [3.8, 4) is 0 Å². The van der Waals surface area contributed by atoms with E-state index in [2.05, 4.69) is 0 Å². The summed E-state index contributed by atoms with van der Waals surface area (Å²) >= 11 is 1.88. The summed E-state index contributed by atoms with van der Waals surface area (Å²) in [7, 11) is 0. The molecule has 1 N–H and O–H groups in total. The van der Waals surface area contributed by atoms with Gasteiger partial charge >= 0.3 is 5.97 Å². The summed E-state index contributed by atoms with van der Waals surface area (Å²) in [6, 6.07) is 7.08. The lowest BCUT2D eigenvalue weighted by Gasteiger charge is -2.20. The number of benzene rings is 1. The number of aliphatic carboxylic acids is 1. The maximum absolute atomic E-state index is 12.4. The first kappa shape index (κ1) is 14.7. The fourth-order valence-corrected chi connectivity index (χ4v) is 2.96. The first-order chi connectivity index (χ1) is 9.66. The van der Waals surface area contributed by atoms with E-state index in [0.29, 0.717) is 5.56 Å². The van der Waals surface area contributed by atoms with Crippen LogP contribution in [0.3, 0.4) is 0 Å². The lowest BCUT2D eigenvalue weighted by molar-refractivity contribution is -0.131. The van der Waals surface area contributed by atoms with Gasteiger partial charge in [-0.1, -0.05) is 12.1 Å². The van der Waals surface area contributed by atoms with Gasteiger partial charge in [-0.3, -0.25) is 4.79 Å². The van der Waals surface area contributed by atoms with E-state index in [-0.39, 0.29) is 5.91 Å². The minimum absolute atomic E-state index is 0.0260. The van der Waals surface area contributed by atoms with E-state index in [1.807, 2.05) is 16.7 Å². The molecule has 0 unspecified atom stereocenters. The molecule has 20 heavy (non-hydrogen) atoms. The van der Waals surface area contributed by atoms with Gasteiger partial charge in [-0.15, -0.1) is 0 Å². The van der Waals surface area contributed by atoms with Crippen LogP contribution in [-0.2, 0) is 4.79 Å². The molecule has 0 spiro atoms. The average Bonchev–Trinajstić information content (AvgIpc) is 2.73. The predicted octanol–water partition coefficient (Wildman–Crippen LogP) is 2.36. The number of carbonyl (C=O) groups excluding carboxylic acids is 1. The molecular formula is C15H17NO3S. The highest BCUT2D eigenvalue weighted by Crippen LogP contribution is 2.15. The molecule has 0 aliphatic carbocycles. The molecule has 0 bridgehead atoms. The van der Waals surface area contributed by atoms with Crippen molar-refractivity contribution in [1.82, 2.24) is 4.90 Å². The second-order valence-corrected chi connectivity index (χ2v) is 5.78. The molecule has 5 heteroatoms. The molecular weight excluding hydrogens is 274 g/mol. The SMILES string of the molecule is O=C(O)C=Cc1cccc(C(=O)N2CCCSCC2)c1. The topological polar surface area (TPSA) is 57.6 Å². The number of hydrogen-bond acceptors (Lipinski definition) is 3. The highest BCUT2D eigenvalue weighted by atomic mass is 32.2. The average molecular weight is 291 g/mol. The maximum atomic E-state index is 12.4. The van der Waals surface area contributed by atoms with E-state index in [9.17, 15) is 9.59 Å². The Labute approximate surface area is 122 Å². The summed E-state index contributed by atoms with van der Waals surface area (Å²) in [6.07, 6.45) is 3.60. The Morgan fingerprint density at radius 2 is 2.10 bits per heavy atom. The van der Waals surface area contributed by atoms with Gasteiger partial charge in [0.1, 0.15) is 0 Å². The van der Waals surface area contributed by atoms with Crippen molar-refractivity contribution in [2.45, 2.75) is 6.42 Å². The Morgan fingerprint density at radius 1 is 1.25 bits per heavy atom. The van der Waals surface area contributed by atoms with E-state index < -0.39 is 5.97 Å². The molecule has 1 amide bonds. The van der Waals surface area contributed by atoms with Crippen LogP contribution in [0.25, 0.3) is 6.08 Å². The van der Waals surface area contributed by atoms with Crippen LogP contribution in [0.15, 0.2) is 30.3 Å². The van der Waals surface area contributed by atoms with Crippen LogP contribution in [0.1, 0.15) is 22.3 Å². The van der Waals surface area contributed by atoms with E-state index >= 15 is 0 Å². The second kappa shape index (κ2) is 7.14. The first-order valence-electron chi connectivity index (χ1n) is 6.55. The number of hydrogen-bond donors (Lipinski definition) is 1. The van der Waals surface area contributed by atoms with E-state index in [1.165, 1.54) is 6.08 Å². The number of carboxylic acids is 1. The summed E-state index contributed by atoms with van der Waals surface area (Å²) in [5.41, 5.74) is 1.34. The quantitative estimate of drug-likeness (QED) is 0.869. The molecule has 1 aliphatic heterocycles. The lowest BCUT2D eigenvalue weighted by Crippen LogP contribution is -2.32. The zero-order valence-electron chi connectivity index (χ0n) is 11.1. The van der Waals surface area contributed by atoms with Crippen molar-refractivity contribution in [3.63, 3.8) is 0 Å². The van der Waals surface area contributed by atoms with Gasteiger partial charge in [-0.25, -0.2) is 4.79 Å². The Balaban J connectivity index is 2.13. The summed E-state index contributed by atoms with van der Waals surface area (Å²) in [4.78, 5) is 24.8. The van der Waals surface area contributed by atoms with Crippen molar-refractivity contribution < 1.29 is 14.7 Å². The smallest absolute Gasteiger partial charge is 0.328 e. The van der Waals surface area contributed by atoms with Crippen LogP contribution in [0.2, 0.25) is 0 Å². The summed E-state index contributed by atoms with van der Waals surface area (Å²) in [6.45, 7) is 1.57. The second-order valence-electron chi connectivity index (χ2n) is 4.56.